The van der Waals surface area contributed by atoms with Crippen LogP contribution in [0.25, 0.3) is 0 Å². The van der Waals surface area contributed by atoms with E-state index in [0.717, 1.165) is 5.56 Å². The van der Waals surface area contributed by atoms with Crippen molar-refractivity contribution in [1.82, 2.24) is 9.78 Å². The highest BCUT2D eigenvalue weighted by molar-refractivity contribution is 6.30. The molecule has 4 rings (SSSR count). The van der Waals surface area contributed by atoms with Crippen LogP contribution in [0.3, 0.4) is 0 Å². The first-order valence-electron chi connectivity index (χ1n) is 8.59. The lowest BCUT2D eigenvalue weighted by molar-refractivity contribution is 0.0434. The maximum absolute atomic E-state index is 12.4. The van der Waals surface area contributed by atoms with Crippen molar-refractivity contribution in [3.63, 3.8) is 0 Å². The number of hydrogen-bond acceptors (Lipinski definition) is 6. The van der Waals surface area contributed by atoms with E-state index in [2.05, 4.69) is 10.4 Å². The monoisotopic (exact) mass is 399 g/mol. The summed E-state index contributed by atoms with van der Waals surface area (Å²) >= 11 is 5.92. The summed E-state index contributed by atoms with van der Waals surface area (Å²) in [6.45, 7) is 0.602. The van der Waals surface area contributed by atoms with Crippen molar-refractivity contribution in [3.8, 4) is 11.5 Å². The Morgan fingerprint density at radius 3 is 2.64 bits per heavy atom. The number of nitrogens with one attached hydrogen (secondary N) is 1. The molecule has 1 atom stereocenters. The minimum Gasteiger partial charge on any atom is -0.493 e. The summed E-state index contributed by atoms with van der Waals surface area (Å²) in [7, 11) is 3.01. The van der Waals surface area contributed by atoms with Crippen LogP contribution < -0.4 is 14.8 Å². The Labute approximate surface area is 166 Å². The van der Waals surface area contributed by atoms with Gasteiger partial charge < -0.3 is 19.5 Å². The molecular formula is C20H18ClN3O4. The summed E-state index contributed by atoms with van der Waals surface area (Å²) in [6, 6.07) is 12.9. The lowest BCUT2D eigenvalue weighted by atomic mass is 10.1. The van der Waals surface area contributed by atoms with Gasteiger partial charge in [0.15, 0.2) is 17.3 Å². The molecule has 28 heavy (non-hydrogen) atoms. The van der Waals surface area contributed by atoms with Crippen molar-refractivity contribution in [2.75, 3.05) is 19.5 Å². The highest BCUT2D eigenvalue weighted by Gasteiger charge is 2.36. The standard InChI is InChI=1S/C20H18ClN3O4/c1-26-15-8-7-14-17(18(15)27-2)20(25)28-19(14)22-16-9-10-24(23-16)11-12-3-5-13(21)6-4-12/h3-10,19H,11H2,1-2H3,(H,22,23). The Kier molecular flexibility index (Phi) is 4.83. The maximum atomic E-state index is 12.4. The molecule has 1 aliphatic rings. The SMILES string of the molecule is COc1ccc2c(c1OC)C(=O)OC2Nc1ccn(Cc2ccc(Cl)cc2)n1. The van der Waals surface area contributed by atoms with Gasteiger partial charge in [-0.3, -0.25) is 4.68 Å². The number of halogens is 1. The first kappa shape index (κ1) is 18.2. The summed E-state index contributed by atoms with van der Waals surface area (Å²) in [5.41, 5.74) is 2.11. The van der Waals surface area contributed by atoms with Crippen LogP contribution in [0.2, 0.25) is 5.02 Å². The molecule has 0 radical (unpaired) electrons. The molecule has 144 valence electrons. The normalized spacial score (nSPS) is 15.1. The Hall–Kier alpha value is -3.19. The molecule has 8 heteroatoms. The van der Waals surface area contributed by atoms with E-state index in [1.54, 1.807) is 16.8 Å². The molecule has 0 bridgehead atoms. The zero-order chi connectivity index (χ0) is 19.7. The van der Waals surface area contributed by atoms with Crippen molar-refractivity contribution >= 4 is 23.4 Å². The van der Waals surface area contributed by atoms with Crippen LogP contribution in [0.4, 0.5) is 5.82 Å². The predicted octanol–water partition coefficient (Wildman–Crippen LogP) is 3.88. The number of aromatic nitrogens is 2. The van der Waals surface area contributed by atoms with Gasteiger partial charge >= 0.3 is 5.97 Å². The maximum Gasteiger partial charge on any atom is 0.344 e. The van der Waals surface area contributed by atoms with E-state index in [0.29, 0.717) is 40.0 Å². The Morgan fingerprint density at radius 1 is 1.14 bits per heavy atom. The molecule has 3 aromatic rings. The highest BCUT2D eigenvalue weighted by atomic mass is 35.5. The fraction of sp³-hybridized carbons (Fsp3) is 0.200. The van der Waals surface area contributed by atoms with Crippen molar-refractivity contribution in [3.05, 3.63) is 70.4 Å². The van der Waals surface area contributed by atoms with Gasteiger partial charge in [-0.15, -0.1) is 0 Å². The third kappa shape index (κ3) is 3.36. The zero-order valence-corrected chi connectivity index (χ0v) is 16.1. The molecule has 2 heterocycles. The van der Waals surface area contributed by atoms with Crippen LogP contribution in [0.15, 0.2) is 48.7 Å². The van der Waals surface area contributed by atoms with Gasteiger partial charge in [0.1, 0.15) is 5.56 Å². The topological polar surface area (TPSA) is 74.6 Å². The smallest absolute Gasteiger partial charge is 0.344 e. The summed E-state index contributed by atoms with van der Waals surface area (Å²) in [4.78, 5) is 12.4. The molecule has 0 saturated carbocycles. The predicted molar refractivity (Wildman–Crippen MR) is 104 cm³/mol. The summed E-state index contributed by atoms with van der Waals surface area (Å²) in [5, 5.41) is 8.32. The average molecular weight is 400 g/mol. The van der Waals surface area contributed by atoms with E-state index in [9.17, 15) is 4.79 Å². The van der Waals surface area contributed by atoms with Crippen molar-refractivity contribution in [1.29, 1.82) is 0 Å². The van der Waals surface area contributed by atoms with Crippen LogP contribution >= 0.6 is 11.6 Å². The van der Waals surface area contributed by atoms with Crippen LogP contribution in [0, 0.1) is 0 Å². The number of hydrogen-bond donors (Lipinski definition) is 1. The second kappa shape index (κ2) is 7.44. The van der Waals surface area contributed by atoms with Gasteiger partial charge in [0.25, 0.3) is 0 Å². The van der Waals surface area contributed by atoms with E-state index in [1.807, 2.05) is 36.5 Å². The zero-order valence-electron chi connectivity index (χ0n) is 15.3. The molecule has 1 N–H and O–H groups in total. The number of carbonyl (C=O) groups excluding carboxylic acids is 1. The fourth-order valence-electron chi connectivity index (χ4n) is 3.15. The van der Waals surface area contributed by atoms with Crippen LogP contribution in [0.1, 0.15) is 27.7 Å². The summed E-state index contributed by atoms with van der Waals surface area (Å²) in [6.07, 6.45) is 1.20. The quantitative estimate of drug-likeness (QED) is 0.634. The van der Waals surface area contributed by atoms with Gasteiger partial charge in [0.05, 0.1) is 20.8 Å². The van der Waals surface area contributed by atoms with Gasteiger partial charge in [-0.25, -0.2) is 4.79 Å². The van der Waals surface area contributed by atoms with Crippen LogP contribution in [0.5, 0.6) is 11.5 Å². The highest BCUT2D eigenvalue weighted by Crippen LogP contribution is 2.41. The summed E-state index contributed by atoms with van der Waals surface area (Å²) < 4.78 is 17.9. The Balaban J connectivity index is 1.53. The minimum absolute atomic E-state index is 0.361. The third-order valence-electron chi connectivity index (χ3n) is 4.47. The van der Waals surface area contributed by atoms with Crippen molar-refractivity contribution in [2.24, 2.45) is 0 Å². The van der Waals surface area contributed by atoms with E-state index in [1.165, 1.54) is 14.2 Å². The van der Waals surface area contributed by atoms with Gasteiger partial charge in [-0.2, -0.15) is 5.10 Å². The molecule has 0 saturated heterocycles. The number of benzene rings is 2. The molecule has 0 aliphatic carbocycles. The molecule has 0 amide bonds. The number of esters is 1. The molecule has 1 aliphatic heterocycles. The first-order valence-corrected chi connectivity index (χ1v) is 8.97. The van der Waals surface area contributed by atoms with Crippen LogP contribution in [-0.4, -0.2) is 30.0 Å². The molecule has 2 aromatic carbocycles. The van der Waals surface area contributed by atoms with E-state index < -0.39 is 12.2 Å². The van der Waals surface area contributed by atoms with Gasteiger partial charge in [-0.1, -0.05) is 23.7 Å². The number of anilines is 1. The lowest BCUT2D eigenvalue weighted by Crippen LogP contribution is -2.11. The number of rotatable bonds is 6. The van der Waals surface area contributed by atoms with Gasteiger partial charge in [0, 0.05) is 22.8 Å². The van der Waals surface area contributed by atoms with Crippen LogP contribution in [-0.2, 0) is 11.3 Å². The average Bonchev–Trinajstić information content (AvgIpc) is 3.27. The van der Waals surface area contributed by atoms with E-state index >= 15 is 0 Å². The molecule has 1 unspecified atom stereocenters. The number of methoxy groups -OCH3 is 2. The van der Waals surface area contributed by atoms with E-state index in [-0.39, 0.29) is 0 Å². The van der Waals surface area contributed by atoms with Crippen molar-refractivity contribution in [2.45, 2.75) is 12.8 Å². The fourth-order valence-corrected chi connectivity index (χ4v) is 3.27. The summed E-state index contributed by atoms with van der Waals surface area (Å²) in [5.74, 6) is 0.965. The lowest BCUT2D eigenvalue weighted by Gasteiger charge is -2.13. The largest absolute Gasteiger partial charge is 0.493 e. The number of cyclic esters (lactones) is 1. The second-order valence-electron chi connectivity index (χ2n) is 6.22. The first-order chi connectivity index (χ1) is 13.6. The Bertz CT molecular complexity index is 1020. The minimum atomic E-state index is -0.652. The van der Waals surface area contributed by atoms with Crippen molar-refractivity contribution < 1.29 is 19.0 Å². The van der Waals surface area contributed by atoms with Gasteiger partial charge in [0.2, 0.25) is 6.23 Å². The Morgan fingerprint density at radius 2 is 1.93 bits per heavy atom. The van der Waals surface area contributed by atoms with Gasteiger partial charge in [-0.05, 0) is 29.8 Å². The molecule has 1 aromatic heterocycles. The molecule has 0 spiro atoms. The third-order valence-corrected chi connectivity index (χ3v) is 4.72. The van der Waals surface area contributed by atoms with E-state index in [4.69, 9.17) is 25.8 Å². The number of ether oxygens (including phenoxy) is 3. The molecule has 7 nitrogen and oxygen atoms in total. The second-order valence-corrected chi connectivity index (χ2v) is 6.66. The molecule has 0 fully saturated rings. The number of carbonyl (C=O) groups is 1. The number of nitrogens with zero attached hydrogens (tertiary/aromatic N) is 2. The number of fused-ring (bicyclic) bond motifs is 1. The molecular weight excluding hydrogens is 382 g/mol.